The summed E-state index contributed by atoms with van der Waals surface area (Å²) in [6.45, 7) is 10.2. The van der Waals surface area contributed by atoms with Gasteiger partial charge in [-0.15, -0.1) is 0 Å². The van der Waals surface area contributed by atoms with Crippen LogP contribution in [0.4, 0.5) is 5.69 Å². The quantitative estimate of drug-likeness (QED) is 0.831. The van der Waals surface area contributed by atoms with Gasteiger partial charge in [0.15, 0.2) is 0 Å². The summed E-state index contributed by atoms with van der Waals surface area (Å²) in [5.74, 6) is -0.0618. The number of nitrogens with zero attached hydrogens (tertiary/aromatic N) is 3. The predicted octanol–water partition coefficient (Wildman–Crippen LogP) is 1.77. The van der Waals surface area contributed by atoms with Gasteiger partial charge in [-0.1, -0.05) is 32.0 Å². The number of amides is 2. The molecular formula is C18H27N3O2. The molecule has 1 saturated heterocycles. The molecule has 1 heterocycles. The van der Waals surface area contributed by atoms with Crippen LogP contribution in [0.3, 0.4) is 0 Å². The Balaban J connectivity index is 2.08. The molecule has 0 N–H and O–H groups in total. The van der Waals surface area contributed by atoms with Crippen molar-refractivity contribution in [1.82, 2.24) is 9.80 Å². The summed E-state index contributed by atoms with van der Waals surface area (Å²) >= 11 is 0. The number of piperazine rings is 1. The van der Waals surface area contributed by atoms with E-state index in [9.17, 15) is 9.59 Å². The van der Waals surface area contributed by atoms with Gasteiger partial charge in [0.25, 0.3) is 0 Å². The first-order valence-electron chi connectivity index (χ1n) is 8.43. The average molecular weight is 317 g/mol. The summed E-state index contributed by atoms with van der Waals surface area (Å²) in [5, 5.41) is 0. The van der Waals surface area contributed by atoms with E-state index in [1.54, 1.807) is 4.90 Å². The molecule has 126 valence electrons. The van der Waals surface area contributed by atoms with E-state index in [2.05, 4.69) is 18.7 Å². The van der Waals surface area contributed by atoms with Crippen LogP contribution < -0.4 is 4.90 Å². The number of anilines is 1. The first-order chi connectivity index (χ1) is 11.1. The Morgan fingerprint density at radius 2 is 1.74 bits per heavy atom. The summed E-state index contributed by atoms with van der Waals surface area (Å²) in [4.78, 5) is 30.5. The number of aryl methyl sites for hydroxylation is 1. The molecule has 5 nitrogen and oxygen atoms in total. The first kappa shape index (κ1) is 17.5. The minimum Gasteiger partial charge on any atom is -0.339 e. The zero-order chi connectivity index (χ0) is 16.8. The molecule has 0 spiro atoms. The Labute approximate surface area is 138 Å². The molecule has 0 aromatic heterocycles. The van der Waals surface area contributed by atoms with E-state index in [4.69, 9.17) is 0 Å². The summed E-state index contributed by atoms with van der Waals surface area (Å²) in [7, 11) is 0. The number of rotatable bonds is 5. The summed E-state index contributed by atoms with van der Waals surface area (Å²) in [6.07, 6.45) is 0.837. The number of para-hydroxylation sites is 1. The van der Waals surface area contributed by atoms with E-state index in [1.807, 2.05) is 29.2 Å². The second-order valence-electron chi connectivity index (χ2n) is 5.90. The van der Waals surface area contributed by atoms with Crippen molar-refractivity contribution in [1.29, 1.82) is 0 Å². The molecule has 1 aliphatic rings. The normalized spacial score (nSPS) is 15.5. The number of benzene rings is 1. The largest absolute Gasteiger partial charge is 0.339 e. The van der Waals surface area contributed by atoms with Crippen molar-refractivity contribution in [3.8, 4) is 0 Å². The fourth-order valence-corrected chi connectivity index (χ4v) is 2.99. The zero-order valence-corrected chi connectivity index (χ0v) is 14.4. The van der Waals surface area contributed by atoms with Crippen LogP contribution in [-0.4, -0.2) is 60.9 Å². The van der Waals surface area contributed by atoms with Gasteiger partial charge in [0, 0.05) is 38.8 Å². The Kier molecular flexibility index (Phi) is 6.16. The van der Waals surface area contributed by atoms with Crippen LogP contribution in [0.25, 0.3) is 0 Å². The third-order valence-electron chi connectivity index (χ3n) is 4.51. The highest BCUT2D eigenvalue weighted by atomic mass is 16.2. The fraction of sp³-hybridized carbons (Fsp3) is 0.556. The Bertz CT molecular complexity index is 551. The highest BCUT2D eigenvalue weighted by molar-refractivity contribution is 5.98. The standard InChI is InChI=1S/C18H27N3O2/c1-4-16-8-6-7-9-17(16)21(15(3)22)14-18(23)20-12-10-19(5-2)11-13-20/h6-9H,4-5,10-14H2,1-3H3. The second kappa shape index (κ2) is 8.11. The lowest BCUT2D eigenvalue weighted by Gasteiger charge is -2.35. The van der Waals surface area contributed by atoms with Gasteiger partial charge in [-0.3, -0.25) is 9.59 Å². The third kappa shape index (κ3) is 4.32. The van der Waals surface area contributed by atoms with Crippen molar-refractivity contribution in [2.45, 2.75) is 27.2 Å². The molecule has 0 saturated carbocycles. The minimum absolute atomic E-state index is 0.0295. The molecule has 0 aliphatic carbocycles. The number of hydrogen-bond donors (Lipinski definition) is 0. The molecule has 0 unspecified atom stereocenters. The molecule has 23 heavy (non-hydrogen) atoms. The van der Waals surface area contributed by atoms with Crippen LogP contribution in [0.1, 0.15) is 26.3 Å². The highest BCUT2D eigenvalue weighted by Gasteiger charge is 2.24. The van der Waals surface area contributed by atoms with Gasteiger partial charge in [0.2, 0.25) is 11.8 Å². The van der Waals surface area contributed by atoms with Crippen LogP contribution in [-0.2, 0) is 16.0 Å². The topological polar surface area (TPSA) is 43.9 Å². The Hall–Kier alpha value is -1.88. The van der Waals surface area contributed by atoms with Gasteiger partial charge in [-0.2, -0.15) is 0 Å². The van der Waals surface area contributed by atoms with Crippen LogP contribution in [0, 0.1) is 0 Å². The Morgan fingerprint density at radius 1 is 1.09 bits per heavy atom. The maximum absolute atomic E-state index is 12.6. The minimum atomic E-state index is -0.0913. The number of carbonyl (C=O) groups is 2. The second-order valence-corrected chi connectivity index (χ2v) is 5.90. The van der Waals surface area contributed by atoms with E-state index in [0.717, 1.165) is 50.4 Å². The molecular weight excluding hydrogens is 290 g/mol. The molecule has 5 heteroatoms. The van der Waals surface area contributed by atoms with E-state index in [0.29, 0.717) is 0 Å². The Morgan fingerprint density at radius 3 is 2.30 bits per heavy atom. The van der Waals surface area contributed by atoms with Crippen LogP contribution in [0.15, 0.2) is 24.3 Å². The maximum atomic E-state index is 12.6. The maximum Gasteiger partial charge on any atom is 0.242 e. The number of hydrogen-bond acceptors (Lipinski definition) is 3. The molecule has 1 fully saturated rings. The van der Waals surface area contributed by atoms with E-state index in [-0.39, 0.29) is 18.4 Å². The molecule has 1 aromatic rings. The number of likely N-dealkylation sites (N-methyl/N-ethyl adjacent to an activating group) is 1. The van der Waals surface area contributed by atoms with E-state index in [1.165, 1.54) is 6.92 Å². The fourth-order valence-electron chi connectivity index (χ4n) is 2.99. The molecule has 0 bridgehead atoms. The monoisotopic (exact) mass is 317 g/mol. The van der Waals surface area contributed by atoms with Crippen LogP contribution in [0.5, 0.6) is 0 Å². The van der Waals surface area contributed by atoms with Crippen LogP contribution >= 0.6 is 0 Å². The molecule has 1 aliphatic heterocycles. The summed E-state index contributed by atoms with van der Waals surface area (Å²) < 4.78 is 0. The first-order valence-corrected chi connectivity index (χ1v) is 8.43. The molecule has 2 amide bonds. The molecule has 0 radical (unpaired) electrons. The van der Waals surface area contributed by atoms with Gasteiger partial charge in [-0.25, -0.2) is 0 Å². The predicted molar refractivity (Wildman–Crippen MR) is 92.5 cm³/mol. The zero-order valence-electron chi connectivity index (χ0n) is 14.4. The van der Waals surface area contributed by atoms with E-state index >= 15 is 0 Å². The lowest BCUT2D eigenvalue weighted by Crippen LogP contribution is -2.51. The van der Waals surface area contributed by atoms with Gasteiger partial charge in [-0.05, 0) is 24.6 Å². The average Bonchev–Trinajstić information content (AvgIpc) is 2.59. The highest BCUT2D eigenvalue weighted by Crippen LogP contribution is 2.21. The lowest BCUT2D eigenvalue weighted by molar-refractivity contribution is -0.132. The van der Waals surface area contributed by atoms with Crippen molar-refractivity contribution in [3.63, 3.8) is 0 Å². The summed E-state index contributed by atoms with van der Waals surface area (Å²) in [5.41, 5.74) is 1.94. The molecule has 0 atom stereocenters. The van der Waals surface area contributed by atoms with E-state index < -0.39 is 0 Å². The van der Waals surface area contributed by atoms with Crippen molar-refractivity contribution in [2.24, 2.45) is 0 Å². The summed E-state index contributed by atoms with van der Waals surface area (Å²) in [6, 6.07) is 7.81. The van der Waals surface area contributed by atoms with Crippen molar-refractivity contribution >= 4 is 17.5 Å². The SMILES string of the molecule is CCc1ccccc1N(CC(=O)N1CCN(CC)CC1)C(C)=O. The number of carbonyl (C=O) groups excluding carboxylic acids is 2. The van der Waals surface area contributed by atoms with Crippen molar-refractivity contribution < 1.29 is 9.59 Å². The van der Waals surface area contributed by atoms with Gasteiger partial charge >= 0.3 is 0 Å². The van der Waals surface area contributed by atoms with Gasteiger partial charge < -0.3 is 14.7 Å². The smallest absolute Gasteiger partial charge is 0.242 e. The lowest BCUT2D eigenvalue weighted by atomic mass is 10.1. The van der Waals surface area contributed by atoms with Gasteiger partial charge in [0.1, 0.15) is 6.54 Å². The van der Waals surface area contributed by atoms with Crippen molar-refractivity contribution in [3.05, 3.63) is 29.8 Å². The molecule has 2 rings (SSSR count). The van der Waals surface area contributed by atoms with Gasteiger partial charge in [0.05, 0.1) is 0 Å². The van der Waals surface area contributed by atoms with Crippen molar-refractivity contribution in [2.75, 3.05) is 44.2 Å². The van der Waals surface area contributed by atoms with Crippen LogP contribution in [0.2, 0.25) is 0 Å². The third-order valence-corrected chi connectivity index (χ3v) is 4.51. The molecule has 1 aromatic carbocycles.